The molecule has 1 heterocycles. The molecule has 1 fully saturated rings. The third kappa shape index (κ3) is 5.86. The van der Waals surface area contributed by atoms with Crippen LogP contribution in [-0.2, 0) is 9.59 Å². The van der Waals surface area contributed by atoms with Gasteiger partial charge in [0.15, 0.2) is 0 Å². The number of likely N-dealkylation sites (tertiary alicyclic amines) is 1. The van der Waals surface area contributed by atoms with Crippen LogP contribution in [0.1, 0.15) is 61.4 Å². The molecule has 1 saturated heterocycles. The summed E-state index contributed by atoms with van der Waals surface area (Å²) in [5.41, 5.74) is 2.19. The number of unbranched alkanes of at least 4 members (excludes halogenated alkanes) is 1. The third-order valence-electron chi connectivity index (χ3n) is 4.74. The monoisotopic (exact) mass is 360 g/mol. The van der Waals surface area contributed by atoms with Gasteiger partial charge >= 0.3 is 5.97 Å². The Hall–Kier alpha value is -2.37. The van der Waals surface area contributed by atoms with E-state index < -0.39 is 5.97 Å². The van der Waals surface area contributed by atoms with E-state index in [4.69, 9.17) is 5.11 Å². The van der Waals surface area contributed by atoms with Gasteiger partial charge in [0.25, 0.3) is 5.91 Å². The molecule has 1 atom stereocenters. The van der Waals surface area contributed by atoms with Gasteiger partial charge in [0.2, 0.25) is 5.91 Å². The fraction of sp³-hybridized carbons (Fsp3) is 0.550. The number of aliphatic carboxylic acids is 1. The molecule has 0 bridgehead atoms. The second-order valence-electron chi connectivity index (χ2n) is 7.18. The number of hydrogen-bond donors (Lipinski definition) is 2. The summed E-state index contributed by atoms with van der Waals surface area (Å²) in [5, 5.41) is 11.4. The summed E-state index contributed by atoms with van der Waals surface area (Å²) < 4.78 is 0. The fourth-order valence-corrected chi connectivity index (χ4v) is 3.27. The van der Waals surface area contributed by atoms with Gasteiger partial charge < -0.3 is 15.3 Å². The van der Waals surface area contributed by atoms with Gasteiger partial charge in [0.05, 0.1) is 0 Å². The minimum Gasteiger partial charge on any atom is -0.481 e. The zero-order chi connectivity index (χ0) is 19.1. The Morgan fingerprint density at radius 1 is 1.23 bits per heavy atom. The SMILES string of the molecule is Cc1cc(C(=O)N2CCCC(C)C2)ccc1NC(=O)CCCCC(=O)O. The molecule has 1 aromatic carbocycles. The van der Waals surface area contributed by atoms with Crippen LogP contribution in [-0.4, -0.2) is 40.9 Å². The number of carbonyl (C=O) groups excluding carboxylic acids is 2. The summed E-state index contributed by atoms with van der Waals surface area (Å²) in [6, 6.07) is 5.35. The summed E-state index contributed by atoms with van der Waals surface area (Å²) >= 11 is 0. The molecule has 2 N–H and O–H groups in total. The van der Waals surface area contributed by atoms with Crippen LogP contribution >= 0.6 is 0 Å². The number of carboxylic acid groups (broad SMARTS) is 1. The smallest absolute Gasteiger partial charge is 0.303 e. The number of amides is 2. The molecule has 0 aromatic heterocycles. The van der Waals surface area contributed by atoms with Crippen LogP contribution in [0, 0.1) is 12.8 Å². The lowest BCUT2D eigenvalue weighted by Gasteiger charge is -2.31. The summed E-state index contributed by atoms with van der Waals surface area (Å²) in [4.78, 5) is 37.0. The Labute approximate surface area is 154 Å². The number of nitrogens with zero attached hydrogens (tertiary/aromatic N) is 1. The molecular weight excluding hydrogens is 332 g/mol. The van der Waals surface area contributed by atoms with Gasteiger partial charge in [0.1, 0.15) is 0 Å². The van der Waals surface area contributed by atoms with Crippen molar-refractivity contribution in [1.29, 1.82) is 0 Å². The van der Waals surface area contributed by atoms with Crippen LogP contribution < -0.4 is 5.32 Å². The van der Waals surface area contributed by atoms with Gasteiger partial charge in [0, 0.05) is 37.2 Å². The Morgan fingerprint density at radius 3 is 2.62 bits per heavy atom. The number of anilines is 1. The zero-order valence-corrected chi connectivity index (χ0v) is 15.6. The largest absolute Gasteiger partial charge is 0.481 e. The topological polar surface area (TPSA) is 86.7 Å². The predicted molar refractivity (Wildman–Crippen MR) is 100 cm³/mol. The molecule has 0 aliphatic carbocycles. The molecule has 1 aliphatic rings. The molecule has 0 radical (unpaired) electrons. The molecule has 142 valence electrons. The second-order valence-corrected chi connectivity index (χ2v) is 7.18. The van der Waals surface area contributed by atoms with E-state index in [9.17, 15) is 14.4 Å². The summed E-state index contributed by atoms with van der Waals surface area (Å²) in [6.07, 6.45) is 3.61. The first-order valence-electron chi connectivity index (χ1n) is 9.28. The van der Waals surface area contributed by atoms with Crippen molar-refractivity contribution in [3.63, 3.8) is 0 Å². The van der Waals surface area contributed by atoms with E-state index in [0.717, 1.165) is 25.1 Å². The van der Waals surface area contributed by atoms with Crippen molar-refractivity contribution in [2.24, 2.45) is 5.92 Å². The van der Waals surface area contributed by atoms with Gasteiger partial charge in [-0.1, -0.05) is 6.92 Å². The third-order valence-corrected chi connectivity index (χ3v) is 4.74. The number of hydrogen-bond acceptors (Lipinski definition) is 3. The Kier molecular flexibility index (Phi) is 7.18. The first kappa shape index (κ1) is 19.9. The maximum Gasteiger partial charge on any atom is 0.303 e. The minimum absolute atomic E-state index is 0.0474. The van der Waals surface area contributed by atoms with Crippen molar-refractivity contribution in [1.82, 2.24) is 4.90 Å². The highest BCUT2D eigenvalue weighted by Crippen LogP contribution is 2.21. The van der Waals surface area contributed by atoms with Crippen LogP contribution in [0.25, 0.3) is 0 Å². The average molecular weight is 360 g/mol. The van der Waals surface area contributed by atoms with Gasteiger partial charge in [-0.05, 0) is 62.3 Å². The van der Waals surface area contributed by atoms with Gasteiger partial charge in [-0.15, -0.1) is 0 Å². The first-order chi connectivity index (χ1) is 12.4. The van der Waals surface area contributed by atoms with E-state index in [1.807, 2.05) is 17.9 Å². The average Bonchev–Trinajstić information content (AvgIpc) is 2.59. The molecule has 1 aliphatic heterocycles. The number of nitrogens with one attached hydrogen (secondary N) is 1. The fourth-order valence-electron chi connectivity index (χ4n) is 3.27. The summed E-state index contributed by atoms with van der Waals surface area (Å²) in [6.45, 7) is 5.64. The van der Waals surface area contributed by atoms with Gasteiger partial charge in [-0.3, -0.25) is 14.4 Å². The quantitative estimate of drug-likeness (QED) is 0.729. The number of rotatable bonds is 7. The standard InChI is InChI=1S/C20H28N2O4/c1-14-6-5-11-22(13-14)20(26)16-9-10-17(15(2)12-16)21-18(23)7-3-4-8-19(24)25/h9-10,12,14H,3-8,11,13H2,1-2H3,(H,21,23)(H,24,25). The van der Waals surface area contributed by atoms with Crippen LogP contribution in [0.4, 0.5) is 5.69 Å². The molecule has 26 heavy (non-hydrogen) atoms. The zero-order valence-electron chi connectivity index (χ0n) is 15.6. The van der Waals surface area contributed by atoms with Crippen molar-refractivity contribution in [2.75, 3.05) is 18.4 Å². The number of aryl methyl sites for hydroxylation is 1. The van der Waals surface area contributed by atoms with Crippen molar-refractivity contribution in [2.45, 2.75) is 52.4 Å². The number of piperidine rings is 1. The number of carbonyl (C=O) groups is 3. The Morgan fingerprint density at radius 2 is 1.96 bits per heavy atom. The molecule has 0 saturated carbocycles. The highest BCUT2D eigenvalue weighted by Gasteiger charge is 2.22. The molecule has 2 amide bonds. The van der Waals surface area contributed by atoms with E-state index in [-0.39, 0.29) is 18.2 Å². The highest BCUT2D eigenvalue weighted by atomic mass is 16.4. The van der Waals surface area contributed by atoms with Crippen LogP contribution in [0.5, 0.6) is 0 Å². The lowest BCUT2D eigenvalue weighted by molar-refractivity contribution is -0.137. The Bertz CT molecular complexity index is 672. The summed E-state index contributed by atoms with van der Waals surface area (Å²) in [7, 11) is 0. The molecule has 6 heteroatoms. The van der Waals surface area contributed by atoms with Crippen LogP contribution in [0.15, 0.2) is 18.2 Å². The van der Waals surface area contributed by atoms with E-state index in [1.165, 1.54) is 6.42 Å². The molecular formula is C20H28N2O4. The van der Waals surface area contributed by atoms with Crippen molar-refractivity contribution in [3.05, 3.63) is 29.3 Å². The van der Waals surface area contributed by atoms with Crippen molar-refractivity contribution in [3.8, 4) is 0 Å². The van der Waals surface area contributed by atoms with Crippen molar-refractivity contribution < 1.29 is 19.5 Å². The predicted octanol–water partition coefficient (Wildman–Crippen LogP) is 3.45. The highest BCUT2D eigenvalue weighted by molar-refractivity contribution is 5.96. The first-order valence-corrected chi connectivity index (χ1v) is 9.28. The lowest BCUT2D eigenvalue weighted by Crippen LogP contribution is -2.39. The van der Waals surface area contributed by atoms with E-state index in [1.54, 1.807) is 12.1 Å². The number of carboxylic acids is 1. The lowest BCUT2D eigenvalue weighted by atomic mass is 9.99. The van der Waals surface area contributed by atoms with Gasteiger partial charge in [-0.25, -0.2) is 0 Å². The normalized spacial score (nSPS) is 17.0. The van der Waals surface area contributed by atoms with E-state index >= 15 is 0 Å². The minimum atomic E-state index is -0.843. The molecule has 1 unspecified atom stereocenters. The second kappa shape index (κ2) is 9.36. The van der Waals surface area contributed by atoms with Crippen LogP contribution in [0.2, 0.25) is 0 Å². The molecule has 0 spiro atoms. The van der Waals surface area contributed by atoms with Crippen LogP contribution in [0.3, 0.4) is 0 Å². The van der Waals surface area contributed by atoms with Crippen molar-refractivity contribution >= 4 is 23.5 Å². The number of benzene rings is 1. The summed E-state index contributed by atoms with van der Waals surface area (Å²) in [5.74, 6) is -0.397. The van der Waals surface area contributed by atoms with Gasteiger partial charge in [-0.2, -0.15) is 0 Å². The maximum atomic E-state index is 12.7. The molecule has 6 nitrogen and oxygen atoms in total. The molecule has 2 rings (SSSR count). The Balaban J connectivity index is 1.91. The van der Waals surface area contributed by atoms with E-state index in [2.05, 4.69) is 12.2 Å². The maximum absolute atomic E-state index is 12.7. The van der Waals surface area contributed by atoms with E-state index in [0.29, 0.717) is 36.4 Å². The molecule has 1 aromatic rings.